The summed E-state index contributed by atoms with van der Waals surface area (Å²) in [7, 11) is -4.03. The van der Waals surface area contributed by atoms with Gasteiger partial charge in [0.05, 0.1) is 4.90 Å². The fourth-order valence-electron chi connectivity index (χ4n) is 1.72. The van der Waals surface area contributed by atoms with Gasteiger partial charge in [-0.2, -0.15) is 13.2 Å². The van der Waals surface area contributed by atoms with E-state index in [4.69, 9.17) is 0 Å². The molecule has 21 heavy (non-hydrogen) atoms. The molecule has 0 saturated carbocycles. The molecule has 0 radical (unpaired) electrons. The Balaban J connectivity index is 2.39. The van der Waals surface area contributed by atoms with Crippen LogP contribution in [0.2, 0.25) is 0 Å². The minimum atomic E-state index is -4.70. The van der Waals surface area contributed by atoms with Gasteiger partial charge in [-0.15, -0.1) is 0 Å². The summed E-state index contributed by atoms with van der Waals surface area (Å²) in [5, 5.41) is 2.91. The summed E-state index contributed by atoms with van der Waals surface area (Å²) >= 11 is 0. The van der Waals surface area contributed by atoms with Gasteiger partial charge >= 0.3 is 6.18 Å². The van der Waals surface area contributed by atoms with E-state index in [0.717, 1.165) is 0 Å². The van der Waals surface area contributed by atoms with Crippen molar-refractivity contribution in [1.82, 2.24) is 5.16 Å². The molecule has 0 aliphatic carbocycles. The Labute approximate surface area is 118 Å². The average Bonchev–Trinajstić information content (AvgIpc) is 2.81. The topological polar surface area (TPSA) is 72.2 Å². The molecule has 0 atom stereocenters. The third-order valence-electron chi connectivity index (χ3n) is 2.69. The largest absolute Gasteiger partial charge is 0.437 e. The van der Waals surface area contributed by atoms with Gasteiger partial charge < -0.3 is 4.52 Å². The molecule has 114 valence electrons. The molecule has 0 saturated heterocycles. The Morgan fingerprint density at radius 1 is 1.24 bits per heavy atom. The molecule has 0 spiro atoms. The molecule has 0 aliphatic rings. The van der Waals surface area contributed by atoms with Crippen LogP contribution in [-0.4, -0.2) is 13.6 Å². The molecular weight excluding hydrogens is 309 g/mol. The van der Waals surface area contributed by atoms with E-state index in [1.807, 2.05) is 4.72 Å². The lowest BCUT2D eigenvalue weighted by Crippen LogP contribution is -2.14. The highest BCUT2D eigenvalue weighted by molar-refractivity contribution is 7.92. The first-order valence-corrected chi connectivity index (χ1v) is 7.37. The van der Waals surface area contributed by atoms with Crippen LogP contribution in [0.4, 0.5) is 19.1 Å². The summed E-state index contributed by atoms with van der Waals surface area (Å²) in [6, 6.07) is 7.24. The monoisotopic (exact) mass is 320 g/mol. The van der Waals surface area contributed by atoms with Crippen LogP contribution in [-0.2, 0) is 22.6 Å². The number of halogens is 3. The Bertz CT molecular complexity index is 724. The van der Waals surface area contributed by atoms with Crippen LogP contribution in [0.3, 0.4) is 0 Å². The molecule has 2 aromatic rings. The molecule has 5 nitrogen and oxygen atoms in total. The number of nitrogens with zero attached hydrogens (tertiary/aromatic N) is 1. The standard InChI is InChI=1S/C12H11F3N2O3S/c1-2-9-10(12(13,14)15)16-20-11(9)17-21(18,19)8-6-4-3-5-7-8/h3-7,17H,2H2,1H3. The maximum atomic E-state index is 12.7. The average molecular weight is 320 g/mol. The number of benzene rings is 1. The molecule has 1 aromatic heterocycles. The quantitative estimate of drug-likeness (QED) is 0.940. The zero-order chi connectivity index (χ0) is 15.7. The zero-order valence-electron chi connectivity index (χ0n) is 10.8. The molecule has 0 bridgehead atoms. The van der Waals surface area contributed by atoms with E-state index in [1.165, 1.54) is 31.2 Å². The van der Waals surface area contributed by atoms with E-state index in [9.17, 15) is 21.6 Å². The summed E-state index contributed by atoms with van der Waals surface area (Å²) in [5.41, 5.74) is -1.56. The second-order valence-corrected chi connectivity index (χ2v) is 5.79. The van der Waals surface area contributed by atoms with Gasteiger partial charge in [0, 0.05) is 5.56 Å². The van der Waals surface area contributed by atoms with Crippen molar-refractivity contribution in [3.8, 4) is 0 Å². The zero-order valence-corrected chi connectivity index (χ0v) is 11.6. The van der Waals surface area contributed by atoms with Gasteiger partial charge in [0.25, 0.3) is 10.0 Å². The molecule has 0 aliphatic heterocycles. The van der Waals surface area contributed by atoms with Crippen LogP contribution < -0.4 is 4.72 Å². The van der Waals surface area contributed by atoms with E-state index < -0.39 is 27.8 Å². The van der Waals surface area contributed by atoms with Crippen molar-refractivity contribution in [2.75, 3.05) is 4.72 Å². The van der Waals surface area contributed by atoms with Gasteiger partial charge in [0.1, 0.15) is 0 Å². The van der Waals surface area contributed by atoms with E-state index in [1.54, 1.807) is 6.07 Å². The maximum absolute atomic E-state index is 12.7. The summed E-state index contributed by atoms with van der Waals surface area (Å²) in [6.45, 7) is 1.45. The molecule has 1 aromatic carbocycles. The minimum absolute atomic E-state index is 0.0784. The molecular formula is C12H11F3N2O3S. The number of alkyl halides is 3. The predicted octanol–water partition coefficient (Wildman–Crippen LogP) is 3.06. The van der Waals surface area contributed by atoms with Crippen LogP contribution in [0.15, 0.2) is 39.8 Å². The molecule has 1 N–H and O–H groups in total. The first-order valence-electron chi connectivity index (χ1n) is 5.89. The number of anilines is 1. The normalized spacial score (nSPS) is 12.4. The number of nitrogens with one attached hydrogen (secondary N) is 1. The summed E-state index contributed by atoms with van der Waals surface area (Å²) in [5.74, 6) is -0.520. The Hall–Kier alpha value is -2.03. The Kier molecular flexibility index (Phi) is 3.95. The number of sulfonamides is 1. The van der Waals surface area contributed by atoms with Crippen LogP contribution in [0.5, 0.6) is 0 Å². The predicted molar refractivity (Wildman–Crippen MR) is 68.1 cm³/mol. The molecule has 2 rings (SSSR count). The minimum Gasteiger partial charge on any atom is -0.337 e. The van der Waals surface area contributed by atoms with Gasteiger partial charge in [-0.1, -0.05) is 30.3 Å². The van der Waals surface area contributed by atoms with Gasteiger partial charge in [-0.3, -0.25) is 0 Å². The van der Waals surface area contributed by atoms with Crippen molar-refractivity contribution in [1.29, 1.82) is 0 Å². The lowest BCUT2D eigenvalue weighted by Gasteiger charge is -2.07. The van der Waals surface area contributed by atoms with Gasteiger partial charge in [0.15, 0.2) is 5.69 Å². The van der Waals surface area contributed by atoms with Gasteiger partial charge in [-0.05, 0) is 18.6 Å². The summed E-state index contributed by atoms with van der Waals surface area (Å²) < 4.78 is 68.7. The molecule has 0 amide bonds. The highest BCUT2D eigenvalue weighted by atomic mass is 32.2. The molecule has 0 fully saturated rings. The first-order chi connectivity index (χ1) is 9.75. The summed E-state index contributed by atoms with van der Waals surface area (Å²) in [4.78, 5) is -0.0861. The maximum Gasteiger partial charge on any atom is 0.437 e. The fraction of sp³-hybridized carbons (Fsp3) is 0.250. The third-order valence-corrected chi connectivity index (χ3v) is 4.04. The van der Waals surface area contributed by atoms with Crippen molar-refractivity contribution >= 4 is 15.9 Å². The van der Waals surface area contributed by atoms with Crippen LogP contribution >= 0.6 is 0 Å². The van der Waals surface area contributed by atoms with Crippen molar-refractivity contribution in [3.63, 3.8) is 0 Å². The second kappa shape index (κ2) is 5.40. The fourth-order valence-corrected chi connectivity index (χ4v) is 2.76. The van der Waals surface area contributed by atoms with Gasteiger partial charge in [-0.25, -0.2) is 13.1 Å². The van der Waals surface area contributed by atoms with Crippen molar-refractivity contribution in [2.24, 2.45) is 0 Å². The number of aromatic nitrogens is 1. The van der Waals surface area contributed by atoms with E-state index in [2.05, 4.69) is 9.68 Å². The van der Waals surface area contributed by atoms with E-state index in [0.29, 0.717) is 0 Å². The lowest BCUT2D eigenvalue weighted by atomic mass is 10.2. The van der Waals surface area contributed by atoms with Crippen LogP contribution in [0.25, 0.3) is 0 Å². The van der Waals surface area contributed by atoms with Crippen molar-refractivity contribution < 1.29 is 26.1 Å². The molecule has 0 unspecified atom stereocenters. The second-order valence-electron chi connectivity index (χ2n) is 4.11. The van der Waals surface area contributed by atoms with Crippen LogP contribution in [0.1, 0.15) is 18.2 Å². The van der Waals surface area contributed by atoms with Crippen molar-refractivity contribution in [2.45, 2.75) is 24.4 Å². The smallest absolute Gasteiger partial charge is 0.337 e. The van der Waals surface area contributed by atoms with Gasteiger partial charge in [0.2, 0.25) is 5.88 Å². The van der Waals surface area contributed by atoms with Crippen molar-refractivity contribution in [3.05, 3.63) is 41.6 Å². The Morgan fingerprint density at radius 2 is 1.86 bits per heavy atom. The summed E-state index contributed by atoms with van der Waals surface area (Å²) in [6.07, 6.45) is -4.78. The van der Waals surface area contributed by atoms with Crippen LogP contribution in [0, 0.1) is 0 Å². The number of hydrogen-bond donors (Lipinski definition) is 1. The lowest BCUT2D eigenvalue weighted by molar-refractivity contribution is -0.143. The SMILES string of the molecule is CCc1c(C(F)(F)F)noc1NS(=O)(=O)c1ccccc1. The Morgan fingerprint density at radius 3 is 2.38 bits per heavy atom. The highest BCUT2D eigenvalue weighted by Gasteiger charge is 2.39. The highest BCUT2D eigenvalue weighted by Crippen LogP contribution is 2.35. The number of rotatable bonds is 4. The molecule has 9 heteroatoms. The molecule has 1 heterocycles. The number of hydrogen-bond acceptors (Lipinski definition) is 4. The van der Waals surface area contributed by atoms with E-state index >= 15 is 0 Å². The third kappa shape index (κ3) is 3.18. The van der Waals surface area contributed by atoms with E-state index in [-0.39, 0.29) is 16.9 Å². The first kappa shape index (κ1) is 15.4.